The van der Waals surface area contributed by atoms with Gasteiger partial charge in [0.05, 0.1) is 5.56 Å². The summed E-state index contributed by atoms with van der Waals surface area (Å²) >= 11 is 0. The van der Waals surface area contributed by atoms with Gasteiger partial charge in [0.2, 0.25) is 5.91 Å². The molecular weight excluding hydrogens is 302 g/mol. The van der Waals surface area contributed by atoms with Crippen LogP contribution in [0.4, 0.5) is 5.69 Å². The molecule has 124 valence electrons. The fraction of sp³-hybridized carbons (Fsp3) is 0.316. The molecule has 1 saturated heterocycles. The number of likely N-dealkylation sites (tertiary alicyclic amines) is 1. The first-order valence-corrected chi connectivity index (χ1v) is 8.22. The Bertz CT molecular complexity index is 703. The van der Waals surface area contributed by atoms with Crippen LogP contribution < -0.4 is 4.90 Å². The second-order valence-electron chi connectivity index (χ2n) is 5.98. The lowest BCUT2D eigenvalue weighted by atomic mass is 9.99. The Morgan fingerprint density at radius 2 is 1.92 bits per heavy atom. The van der Waals surface area contributed by atoms with Crippen molar-refractivity contribution in [1.82, 2.24) is 9.88 Å². The summed E-state index contributed by atoms with van der Waals surface area (Å²) in [5.41, 5.74) is 1.36. The number of carbonyl (C=O) groups excluding carboxylic acids is 2. The predicted molar refractivity (Wildman–Crippen MR) is 92.8 cm³/mol. The Morgan fingerprint density at radius 3 is 2.62 bits per heavy atom. The zero-order chi connectivity index (χ0) is 16.9. The van der Waals surface area contributed by atoms with E-state index in [1.54, 1.807) is 41.4 Å². The number of carbonyl (C=O) groups is 2. The third-order valence-corrected chi connectivity index (χ3v) is 4.43. The summed E-state index contributed by atoms with van der Waals surface area (Å²) in [6, 6.07) is 12.6. The number of rotatable bonds is 3. The molecule has 0 radical (unpaired) electrons. The minimum absolute atomic E-state index is 0.0434. The van der Waals surface area contributed by atoms with Crippen LogP contribution >= 0.6 is 0 Å². The highest BCUT2D eigenvalue weighted by Crippen LogP contribution is 2.23. The van der Waals surface area contributed by atoms with Crippen LogP contribution in [0, 0.1) is 0 Å². The van der Waals surface area contributed by atoms with Crippen LogP contribution in [-0.2, 0) is 4.79 Å². The number of nitrogens with zero attached hydrogens (tertiary/aromatic N) is 3. The molecule has 1 fully saturated rings. The molecule has 1 aliphatic rings. The number of hydrogen-bond donors (Lipinski definition) is 0. The fourth-order valence-electron chi connectivity index (χ4n) is 3.09. The minimum Gasteiger partial charge on any atom is -0.327 e. The quantitative estimate of drug-likeness (QED) is 0.873. The maximum atomic E-state index is 13.0. The van der Waals surface area contributed by atoms with Crippen molar-refractivity contribution in [2.75, 3.05) is 18.5 Å². The van der Waals surface area contributed by atoms with Gasteiger partial charge in [-0.2, -0.15) is 0 Å². The Kier molecular flexibility index (Phi) is 4.89. The van der Waals surface area contributed by atoms with Crippen molar-refractivity contribution in [2.45, 2.75) is 25.3 Å². The van der Waals surface area contributed by atoms with E-state index >= 15 is 0 Å². The van der Waals surface area contributed by atoms with Crippen molar-refractivity contribution in [3.8, 4) is 0 Å². The molecule has 2 heterocycles. The van der Waals surface area contributed by atoms with Crippen LogP contribution in [0.1, 0.15) is 29.6 Å². The van der Waals surface area contributed by atoms with E-state index in [0.717, 1.165) is 18.5 Å². The Balaban J connectivity index is 1.82. The van der Waals surface area contributed by atoms with E-state index in [-0.39, 0.29) is 11.8 Å². The molecule has 5 heteroatoms. The van der Waals surface area contributed by atoms with E-state index in [0.29, 0.717) is 18.5 Å². The van der Waals surface area contributed by atoms with Crippen molar-refractivity contribution in [3.63, 3.8) is 0 Å². The van der Waals surface area contributed by atoms with Crippen LogP contribution in [0.2, 0.25) is 0 Å². The smallest absolute Gasteiger partial charge is 0.256 e. The number of amides is 2. The number of pyridine rings is 1. The van der Waals surface area contributed by atoms with E-state index in [9.17, 15) is 9.59 Å². The van der Waals surface area contributed by atoms with Crippen LogP contribution in [0.25, 0.3) is 0 Å². The van der Waals surface area contributed by atoms with Crippen LogP contribution in [-0.4, -0.2) is 41.3 Å². The van der Waals surface area contributed by atoms with Gasteiger partial charge in [-0.05, 0) is 43.5 Å². The van der Waals surface area contributed by atoms with Crippen LogP contribution in [0.5, 0.6) is 0 Å². The topological polar surface area (TPSA) is 53.5 Å². The zero-order valence-corrected chi connectivity index (χ0v) is 13.8. The van der Waals surface area contributed by atoms with Gasteiger partial charge in [0.25, 0.3) is 5.91 Å². The number of benzene rings is 1. The van der Waals surface area contributed by atoms with E-state index in [1.807, 2.05) is 30.3 Å². The summed E-state index contributed by atoms with van der Waals surface area (Å²) in [6.45, 7) is 0.604. The Morgan fingerprint density at radius 1 is 1.12 bits per heavy atom. The van der Waals surface area contributed by atoms with Gasteiger partial charge < -0.3 is 9.80 Å². The molecule has 0 N–H and O–H groups in total. The molecule has 0 bridgehead atoms. The highest BCUT2D eigenvalue weighted by atomic mass is 16.2. The van der Waals surface area contributed by atoms with E-state index in [1.165, 1.54) is 0 Å². The first-order chi connectivity index (χ1) is 11.7. The van der Waals surface area contributed by atoms with Gasteiger partial charge in [0, 0.05) is 31.7 Å². The van der Waals surface area contributed by atoms with Gasteiger partial charge in [-0.1, -0.05) is 18.2 Å². The van der Waals surface area contributed by atoms with Gasteiger partial charge in [-0.15, -0.1) is 0 Å². The minimum atomic E-state index is -0.420. The normalized spacial score (nSPS) is 17.4. The molecule has 3 rings (SSSR count). The predicted octanol–water partition coefficient (Wildman–Crippen LogP) is 2.74. The number of likely N-dealkylation sites (N-methyl/N-ethyl adjacent to an activating group) is 1. The SMILES string of the molecule is CN(C(=O)C1CCCCN1C(=O)c1cccnc1)c1ccccc1. The summed E-state index contributed by atoms with van der Waals surface area (Å²) < 4.78 is 0. The number of piperidine rings is 1. The summed E-state index contributed by atoms with van der Waals surface area (Å²) in [5.74, 6) is -0.166. The Hall–Kier alpha value is -2.69. The molecule has 5 nitrogen and oxygen atoms in total. The monoisotopic (exact) mass is 323 g/mol. The first kappa shape index (κ1) is 16.2. The summed E-state index contributed by atoms with van der Waals surface area (Å²) in [7, 11) is 1.76. The van der Waals surface area contributed by atoms with Crippen molar-refractivity contribution < 1.29 is 9.59 Å². The van der Waals surface area contributed by atoms with Crippen molar-refractivity contribution in [2.24, 2.45) is 0 Å². The number of para-hydroxylation sites is 1. The zero-order valence-electron chi connectivity index (χ0n) is 13.8. The molecule has 1 unspecified atom stereocenters. The summed E-state index contributed by atoms with van der Waals surface area (Å²) in [6.07, 6.45) is 5.76. The molecular formula is C19H21N3O2. The van der Waals surface area contributed by atoms with E-state index in [4.69, 9.17) is 0 Å². The highest BCUT2D eigenvalue weighted by molar-refractivity contribution is 6.02. The average molecular weight is 323 g/mol. The molecule has 0 spiro atoms. The van der Waals surface area contributed by atoms with Crippen molar-refractivity contribution in [3.05, 3.63) is 60.4 Å². The number of anilines is 1. The van der Waals surface area contributed by atoms with Gasteiger partial charge >= 0.3 is 0 Å². The van der Waals surface area contributed by atoms with Crippen molar-refractivity contribution >= 4 is 17.5 Å². The lowest BCUT2D eigenvalue weighted by Crippen LogP contribution is -2.52. The van der Waals surface area contributed by atoms with Gasteiger partial charge in [0.15, 0.2) is 0 Å². The van der Waals surface area contributed by atoms with Gasteiger partial charge in [-0.25, -0.2) is 0 Å². The molecule has 0 aliphatic carbocycles. The summed E-state index contributed by atoms with van der Waals surface area (Å²) in [4.78, 5) is 33.1. The second-order valence-corrected chi connectivity index (χ2v) is 5.98. The Labute approximate surface area is 141 Å². The number of aromatic nitrogens is 1. The van der Waals surface area contributed by atoms with Gasteiger partial charge in [0.1, 0.15) is 6.04 Å². The first-order valence-electron chi connectivity index (χ1n) is 8.22. The molecule has 24 heavy (non-hydrogen) atoms. The number of hydrogen-bond acceptors (Lipinski definition) is 3. The standard InChI is InChI=1S/C19H21N3O2/c1-21(16-9-3-2-4-10-16)19(24)17-11-5-6-13-22(17)18(23)15-8-7-12-20-14-15/h2-4,7-10,12,14,17H,5-6,11,13H2,1H3. The van der Waals surface area contributed by atoms with Gasteiger partial charge in [-0.3, -0.25) is 14.6 Å². The summed E-state index contributed by atoms with van der Waals surface area (Å²) in [5, 5.41) is 0. The largest absolute Gasteiger partial charge is 0.327 e. The van der Waals surface area contributed by atoms with Crippen LogP contribution in [0.15, 0.2) is 54.9 Å². The molecule has 1 aromatic carbocycles. The molecule has 1 atom stereocenters. The molecule has 2 aromatic rings. The lowest BCUT2D eigenvalue weighted by molar-refractivity contribution is -0.123. The van der Waals surface area contributed by atoms with E-state index in [2.05, 4.69) is 4.98 Å². The lowest BCUT2D eigenvalue weighted by Gasteiger charge is -2.36. The highest BCUT2D eigenvalue weighted by Gasteiger charge is 2.34. The maximum absolute atomic E-state index is 13.0. The maximum Gasteiger partial charge on any atom is 0.256 e. The van der Waals surface area contributed by atoms with Crippen molar-refractivity contribution in [1.29, 1.82) is 0 Å². The third kappa shape index (κ3) is 3.30. The van der Waals surface area contributed by atoms with Crippen LogP contribution in [0.3, 0.4) is 0 Å². The van der Waals surface area contributed by atoms with E-state index < -0.39 is 6.04 Å². The third-order valence-electron chi connectivity index (χ3n) is 4.43. The molecule has 0 saturated carbocycles. The average Bonchev–Trinajstić information content (AvgIpc) is 2.67. The second kappa shape index (κ2) is 7.25. The molecule has 2 amide bonds. The molecule has 1 aliphatic heterocycles. The fourth-order valence-corrected chi connectivity index (χ4v) is 3.09. The molecule has 1 aromatic heterocycles.